The predicted molar refractivity (Wildman–Crippen MR) is 51.8 cm³/mol. The zero-order chi connectivity index (χ0) is 9.84. The van der Waals surface area contributed by atoms with Gasteiger partial charge in [-0.05, 0) is 13.3 Å². The topological polar surface area (TPSA) is 65.7 Å². The first-order valence-corrected chi connectivity index (χ1v) is 4.18. The molecule has 0 aliphatic carbocycles. The summed E-state index contributed by atoms with van der Waals surface area (Å²) in [5.41, 5.74) is -0.517. The lowest BCUT2D eigenvalue weighted by Gasteiger charge is -1.87. The van der Waals surface area contributed by atoms with Gasteiger partial charge in [-0.1, -0.05) is 19.1 Å². The van der Waals surface area contributed by atoms with Crippen LogP contribution in [-0.2, 0) is 0 Å². The van der Waals surface area contributed by atoms with Gasteiger partial charge in [-0.25, -0.2) is 0 Å². The SMILES string of the molecule is C/C=c1/[nH]c(=O)/c(=C/CC)[nH]c1=O. The Morgan fingerprint density at radius 2 is 1.69 bits per heavy atom. The summed E-state index contributed by atoms with van der Waals surface area (Å²) in [6, 6.07) is 0. The molecule has 1 aromatic rings. The Morgan fingerprint density at radius 1 is 1.15 bits per heavy atom. The third-order valence-corrected chi connectivity index (χ3v) is 1.68. The van der Waals surface area contributed by atoms with Crippen molar-refractivity contribution in [2.75, 3.05) is 0 Å². The lowest BCUT2D eigenvalue weighted by atomic mass is 10.4. The fourth-order valence-electron chi connectivity index (χ4n) is 1.04. The maximum atomic E-state index is 11.3. The number of nitrogens with one attached hydrogen (secondary N) is 2. The largest absolute Gasteiger partial charge is 0.316 e. The molecule has 0 saturated carbocycles. The van der Waals surface area contributed by atoms with Crippen molar-refractivity contribution in [3.63, 3.8) is 0 Å². The van der Waals surface area contributed by atoms with E-state index < -0.39 is 0 Å². The molecule has 0 aliphatic heterocycles. The molecule has 1 rings (SSSR count). The van der Waals surface area contributed by atoms with Gasteiger partial charge in [0, 0.05) is 0 Å². The molecule has 0 bridgehead atoms. The zero-order valence-corrected chi connectivity index (χ0v) is 7.68. The first-order chi connectivity index (χ1) is 6.19. The highest BCUT2D eigenvalue weighted by Gasteiger charge is 1.91. The van der Waals surface area contributed by atoms with Crippen LogP contribution in [0.15, 0.2) is 9.59 Å². The molecular weight excluding hydrogens is 168 g/mol. The van der Waals surface area contributed by atoms with Crippen molar-refractivity contribution < 1.29 is 0 Å². The quantitative estimate of drug-likeness (QED) is 0.585. The van der Waals surface area contributed by atoms with E-state index in [0.29, 0.717) is 17.1 Å². The van der Waals surface area contributed by atoms with Gasteiger partial charge in [0.1, 0.15) is 10.7 Å². The van der Waals surface area contributed by atoms with E-state index in [2.05, 4.69) is 9.97 Å². The molecular formula is C9H12N2O2. The molecule has 0 unspecified atom stereocenters. The average Bonchev–Trinajstić information content (AvgIpc) is 2.11. The van der Waals surface area contributed by atoms with Crippen molar-refractivity contribution in [2.24, 2.45) is 0 Å². The molecule has 0 spiro atoms. The number of aromatic amines is 2. The molecule has 0 radical (unpaired) electrons. The van der Waals surface area contributed by atoms with E-state index in [1.54, 1.807) is 19.1 Å². The summed E-state index contributed by atoms with van der Waals surface area (Å²) in [6.45, 7) is 3.60. The molecule has 70 valence electrons. The second kappa shape index (κ2) is 3.89. The number of H-pyrrole nitrogens is 2. The smallest absolute Gasteiger partial charge is 0.271 e. The fraction of sp³-hybridized carbons (Fsp3) is 0.333. The number of hydrogen-bond acceptors (Lipinski definition) is 2. The molecule has 0 saturated heterocycles. The highest BCUT2D eigenvalue weighted by molar-refractivity contribution is 5.17. The Balaban J connectivity index is 3.67. The fourth-order valence-corrected chi connectivity index (χ4v) is 1.04. The Kier molecular flexibility index (Phi) is 2.84. The van der Waals surface area contributed by atoms with E-state index >= 15 is 0 Å². The lowest BCUT2D eigenvalue weighted by Crippen LogP contribution is -2.46. The van der Waals surface area contributed by atoms with E-state index in [1.165, 1.54) is 0 Å². The van der Waals surface area contributed by atoms with E-state index in [-0.39, 0.29) is 11.1 Å². The minimum atomic E-state index is -0.262. The Morgan fingerprint density at radius 3 is 2.23 bits per heavy atom. The molecule has 0 fully saturated rings. The third kappa shape index (κ3) is 1.96. The van der Waals surface area contributed by atoms with E-state index in [0.717, 1.165) is 0 Å². The molecule has 1 aromatic heterocycles. The van der Waals surface area contributed by atoms with Crippen LogP contribution >= 0.6 is 0 Å². The Hall–Kier alpha value is -1.58. The minimum absolute atomic E-state index is 0.255. The summed E-state index contributed by atoms with van der Waals surface area (Å²) in [6.07, 6.45) is 3.96. The van der Waals surface area contributed by atoms with Gasteiger partial charge in [0.05, 0.1) is 0 Å². The minimum Gasteiger partial charge on any atom is -0.316 e. The number of rotatable bonds is 1. The van der Waals surface area contributed by atoms with Crippen molar-refractivity contribution in [3.8, 4) is 0 Å². The standard InChI is InChI=1S/C9H12N2O2/c1-3-5-7-9(13)10-6(4-2)8(12)11-7/h4-5H,3H2,1-2H3,(H,10,13)(H,11,12)/b6-4+,7-5-. The molecule has 0 aromatic carbocycles. The molecule has 4 nitrogen and oxygen atoms in total. The monoisotopic (exact) mass is 180 g/mol. The van der Waals surface area contributed by atoms with E-state index in [4.69, 9.17) is 0 Å². The second-order valence-electron chi connectivity index (χ2n) is 2.64. The van der Waals surface area contributed by atoms with Crippen LogP contribution in [0, 0.1) is 0 Å². The van der Waals surface area contributed by atoms with Gasteiger partial charge in [-0.15, -0.1) is 0 Å². The van der Waals surface area contributed by atoms with Crippen molar-refractivity contribution in [1.82, 2.24) is 9.97 Å². The van der Waals surface area contributed by atoms with Gasteiger partial charge < -0.3 is 9.97 Å². The van der Waals surface area contributed by atoms with Gasteiger partial charge >= 0.3 is 0 Å². The van der Waals surface area contributed by atoms with E-state index in [1.807, 2.05) is 6.92 Å². The number of aromatic nitrogens is 2. The second-order valence-corrected chi connectivity index (χ2v) is 2.64. The summed E-state index contributed by atoms with van der Waals surface area (Å²) < 4.78 is 0. The van der Waals surface area contributed by atoms with Crippen LogP contribution in [0.3, 0.4) is 0 Å². The van der Waals surface area contributed by atoms with Gasteiger partial charge in [-0.3, -0.25) is 9.59 Å². The van der Waals surface area contributed by atoms with Gasteiger partial charge in [0.25, 0.3) is 11.1 Å². The van der Waals surface area contributed by atoms with Crippen LogP contribution < -0.4 is 21.8 Å². The van der Waals surface area contributed by atoms with Crippen molar-refractivity contribution in [3.05, 3.63) is 31.4 Å². The molecule has 4 heteroatoms. The van der Waals surface area contributed by atoms with Crippen LogP contribution in [-0.4, -0.2) is 9.97 Å². The Bertz CT molecular complexity index is 508. The molecule has 0 aliphatic rings. The highest BCUT2D eigenvalue weighted by atomic mass is 16.1. The van der Waals surface area contributed by atoms with Gasteiger partial charge in [-0.2, -0.15) is 0 Å². The van der Waals surface area contributed by atoms with Crippen LogP contribution in [0.2, 0.25) is 0 Å². The normalized spacial score (nSPS) is 13.7. The van der Waals surface area contributed by atoms with Crippen LogP contribution in [0.1, 0.15) is 20.3 Å². The van der Waals surface area contributed by atoms with Crippen LogP contribution in [0.25, 0.3) is 12.2 Å². The van der Waals surface area contributed by atoms with Crippen molar-refractivity contribution >= 4 is 12.2 Å². The summed E-state index contributed by atoms with van der Waals surface area (Å²) in [5.74, 6) is 0. The zero-order valence-electron chi connectivity index (χ0n) is 7.68. The highest BCUT2D eigenvalue weighted by Crippen LogP contribution is 1.69. The molecule has 1 heterocycles. The molecule has 13 heavy (non-hydrogen) atoms. The van der Waals surface area contributed by atoms with Crippen LogP contribution in [0.5, 0.6) is 0 Å². The summed E-state index contributed by atoms with van der Waals surface area (Å²) in [5, 5.41) is 0.636. The van der Waals surface area contributed by atoms with Crippen molar-refractivity contribution in [2.45, 2.75) is 20.3 Å². The average molecular weight is 180 g/mol. The molecule has 2 N–H and O–H groups in total. The molecule has 0 amide bonds. The van der Waals surface area contributed by atoms with Gasteiger partial charge in [0.15, 0.2) is 0 Å². The molecule has 0 atom stereocenters. The lowest BCUT2D eigenvalue weighted by molar-refractivity contribution is 0.994. The first kappa shape index (κ1) is 9.51. The summed E-state index contributed by atoms with van der Waals surface area (Å²) in [7, 11) is 0. The first-order valence-electron chi connectivity index (χ1n) is 4.18. The third-order valence-electron chi connectivity index (χ3n) is 1.68. The van der Waals surface area contributed by atoms with Crippen LogP contribution in [0.4, 0.5) is 0 Å². The maximum absolute atomic E-state index is 11.3. The maximum Gasteiger partial charge on any atom is 0.271 e. The summed E-state index contributed by atoms with van der Waals surface area (Å²) in [4.78, 5) is 27.5. The van der Waals surface area contributed by atoms with Gasteiger partial charge in [0.2, 0.25) is 0 Å². The van der Waals surface area contributed by atoms with E-state index in [9.17, 15) is 9.59 Å². The summed E-state index contributed by atoms with van der Waals surface area (Å²) >= 11 is 0. The predicted octanol–water partition coefficient (Wildman–Crippen LogP) is -0.946. The Labute approximate surface area is 74.6 Å². The van der Waals surface area contributed by atoms with Crippen molar-refractivity contribution in [1.29, 1.82) is 0 Å². The number of hydrogen-bond donors (Lipinski definition) is 2.